The molecule has 0 saturated carbocycles. The topological polar surface area (TPSA) is 67.9 Å². The molecule has 39 heavy (non-hydrogen) atoms. The fourth-order valence-electron chi connectivity index (χ4n) is 4.36. The number of aryl methyl sites for hydroxylation is 1. The van der Waals surface area contributed by atoms with Gasteiger partial charge >= 0.3 is 6.09 Å². The van der Waals surface area contributed by atoms with Gasteiger partial charge in [-0.15, -0.1) is 0 Å². The van der Waals surface area contributed by atoms with Gasteiger partial charge in [0, 0.05) is 32.1 Å². The quantitative estimate of drug-likeness (QED) is 0.198. The summed E-state index contributed by atoms with van der Waals surface area (Å²) in [5, 5.41) is 2.76. The maximum atomic E-state index is 12.6. The Morgan fingerprint density at radius 2 is 1.44 bits per heavy atom. The molecule has 0 spiro atoms. The number of nitrogens with zero attached hydrogens (tertiary/aromatic N) is 1. The van der Waals surface area contributed by atoms with Gasteiger partial charge in [0.15, 0.2) is 0 Å². The highest BCUT2D eigenvalue weighted by Crippen LogP contribution is 2.21. The molecular formula is C33H50N2O4. The molecule has 216 valence electrons. The second-order valence-electron chi connectivity index (χ2n) is 11.3. The summed E-state index contributed by atoms with van der Waals surface area (Å²) in [7, 11) is 1.85. The van der Waals surface area contributed by atoms with Gasteiger partial charge in [0.05, 0.1) is 6.61 Å². The minimum absolute atomic E-state index is 0.122. The Morgan fingerprint density at radius 3 is 2.18 bits per heavy atom. The standard InChI is InChI=1S/C33H50N2O4/c1-33(2,3)39-32(37)34-25-17-10-14-24-31(36)35(4)27-29-22-15-16-23-30(29)38-26-18-8-6-5-7-11-19-28-20-12-9-13-21-28/h9,12-13,15-16,20-23H,5-8,10-11,14,17-19,24-27H2,1-4H3,(H,34,37). The maximum absolute atomic E-state index is 12.6. The molecule has 2 aromatic carbocycles. The van der Waals surface area contributed by atoms with E-state index in [9.17, 15) is 9.59 Å². The lowest BCUT2D eigenvalue weighted by Gasteiger charge is -2.20. The summed E-state index contributed by atoms with van der Waals surface area (Å²) in [6, 6.07) is 18.7. The zero-order valence-electron chi connectivity index (χ0n) is 24.7. The van der Waals surface area contributed by atoms with E-state index >= 15 is 0 Å². The zero-order chi connectivity index (χ0) is 28.3. The number of nitrogens with one attached hydrogen (secondary N) is 1. The largest absolute Gasteiger partial charge is 0.493 e. The first-order chi connectivity index (χ1) is 18.7. The summed E-state index contributed by atoms with van der Waals surface area (Å²) in [5.41, 5.74) is 1.98. The fourth-order valence-corrected chi connectivity index (χ4v) is 4.36. The van der Waals surface area contributed by atoms with Crippen LogP contribution in [0, 0.1) is 0 Å². The van der Waals surface area contributed by atoms with Gasteiger partial charge in [-0.3, -0.25) is 4.79 Å². The molecule has 0 heterocycles. The van der Waals surface area contributed by atoms with Crippen LogP contribution in [0.1, 0.15) is 96.1 Å². The average Bonchev–Trinajstić information content (AvgIpc) is 2.90. The number of unbranched alkanes of at least 4 members (excludes halogenated alkanes) is 7. The molecule has 0 aliphatic rings. The van der Waals surface area contributed by atoms with Crippen LogP contribution in [0.4, 0.5) is 4.79 Å². The van der Waals surface area contributed by atoms with Gasteiger partial charge in [0.2, 0.25) is 5.91 Å². The molecule has 2 amide bonds. The van der Waals surface area contributed by atoms with Crippen LogP contribution in [-0.2, 0) is 22.5 Å². The Labute approximate surface area is 236 Å². The number of benzene rings is 2. The number of amides is 2. The predicted octanol–water partition coefficient (Wildman–Crippen LogP) is 7.69. The van der Waals surface area contributed by atoms with E-state index in [1.54, 1.807) is 4.90 Å². The summed E-state index contributed by atoms with van der Waals surface area (Å²) in [5.74, 6) is 0.991. The van der Waals surface area contributed by atoms with Gasteiger partial charge in [-0.05, 0) is 64.5 Å². The van der Waals surface area contributed by atoms with E-state index in [2.05, 4.69) is 35.6 Å². The Morgan fingerprint density at radius 1 is 0.795 bits per heavy atom. The van der Waals surface area contributed by atoms with Gasteiger partial charge < -0.3 is 19.7 Å². The molecule has 6 nitrogen and oxygen atoms in total. The molecule has 0 fully saturated rings. The molecule has 0 unspecified atom stereocenters. The lowest BCUT2D eigenvalue weighted by atomic mass is 10.1. The Bertz CT molecular complexity index is 956. The van der Waals surface area contributed by atoms with E-state index in [0.717, 1.165) is 37.0 Å². The van der Waals surface area contributed by atoms with Crippen molar-refractivity contribution >= 4 is 12.0 Å². The SMILES string of the molecule is CN(Cc1ccccc1OCCCCCCCCc1ccccc1)C(=O)CCCCCNC(=O)OC(C)(C)C. The predicted molar refractivity (Wildman–Crippen MR) is 159 cm³/mol. The van der Waals surface area contributed by atoms with E-state index in [-0.39, 0.29) is 5.91 Å². The first-order valence-corrected chi connectivity index (χ1v) is 14.7. The van der Waals surface area contributed by atoms with Gasteiger partial charge in [-0.25, -0.2) is 4.79 Å². The number of hydrogen-bond donors (Lipinski definition) is 1. The zero-order valence-corrected chi connectivity index (χ0v) is 24.7. The summed E-state index contributed by atoms with van der Waals surface area (Å²) in [6.07, 6.45) is 11.0. The molecule has 0 atom stereocenters. The molecule has 6 heteroatoms. The number of carbonyl (C=O) groups excluding carboxylic acids is 2. The van der Waals surface area contributed by atoms with Gasteiger partial charge in [0.1, 0.15) is 11.4 Å². The average molecular weight is 539 g/mol. The molecule has 0 aliphatic carbocycles. The monoisotopic (exact) mass is 538 g/mol. The summed E-state index contributed by atoms with van der Waals surface area (Å²) in [4.78, 5) is 26.1. The lowest BCUT2D eigenvalue weighted by Crippen LogP contribution is -2.33. The molecule has 2 aromatic rings. The van der Waals surface area contributed by atoms with Gasteiger partial charge in [-0.2, -0.15) is 0 Å². The third kappa shape index (κ3) is 15.2. The van der Waals surface area contributed by atoms with Crippen LogP contribution in [0.3, 0.4) is 0 Å². The van der Waals surface area contributed by atoms with Gasteiger partial charge in [0.25, 0.3) is 0 Å². The van der Waals surface area contributed by atoms with Gasteiger partial charge in [-0.1, -0.05) is 80.6 Å². The molecular weight excluding hydrogens is 488 g/mol. The highest BCUT2D eigenvalue weighted by atomic mass is 16.6. The molecule has 2 rings (SSSR count). The number of rotatable bonds is 18. The molecule has 0 aromatic heterocycles. The van der Waals surface area contributed by atoms with Crippen molar-refractivity contribution in [2.75, 3.05) is 20.2 Å². The van der Waals surface area contributed by atoms with E-state index < -0.39 is 11.7 Å². The number of carbonyl (C=O) groups is 2. The Balaban J connectivity index is 1.55. The molecule has 0 aliphatic heterocycles. The Kier molecular flexibility index (Phi) is 15.1. The smallest absolute Gasteiger partial charge is 0.407 e. The number of alkyl carbamates (subject to hydrolysis) is 1. The van der Waals surface area contributed by atoms with Crippen molar-refractivity contribution < 1.29 is 19.1 Å². The summed E-state index contributed by atoms with van der Waals surface area (Å²) < 4.78 is 11.3. The maximum Gasteiger partial charge on any atom is 0.407 e. The third-order valence-electron chi connectivity index (χ3n) is 6.50. The van der Waals surface area contributed by atoms with Crippen LogP contribution in [0.5, 0.6) is 5.75 Å². The van der Waals surface area contributed by atoms with Crippen LogP contribution in [0.25, 0.3) is 0 Å². The van der Waals surface area contributed by atoms with Crippen molar-refractivity contribution in [3.05, 3.63) is 65.7 Å². The third-order valence-corrected chi connectivity index (χ3v) is 6.50. The second kappa shape index (κ2) is 18.3. The van der Waals surface area contributed by atoms with Crippen molar-refractivity contribution in [1.29, 1.82) is 0 Å². The molecule has 1 N–H and O–H groups in total. The van der Waals surface area contributed by atoms with E-state index in [4.69, 9.17) is 9.47 Å². The lowest BCUT2D eigenvalue weighted by molar-refractivity contribution is -0.130. The molecule has 0 bridgehead atoms. The van der Waals surface area contributed by atoms with Crippen LogP contribution in [0.15, 0.2) is 54.6 Å². The number of hydrogen-bond acceptors (Lipinski definition) is 4. The normalized spacial score (nSPS) is 11.2. The minimum atomic E-state index is -0.493. The van der Waals surface area contributed by atoms with E-state index in [0.29, 0.717) is 26.1 Å². The van der Waals surface area contributed by atoms with E-state index in [1.807, 2.05) is 52.1 Å². The van der Waals surface area contributed by atoms with Crippen molar-refractivity contribution in [2.45, 2.75) is 104 Å². The first-order valence-electron chi connectivity index (χ1n) is 14.7. The number of ether oxygens (including phenoxy) is 2. The Hall–Kier alpha value is -3.02. The van der Waals surface area contributed by atoms with Crippen molar-refractivity contribution in [2.24, 2.45) is 0 Å². The van der Waals surface area contributed by atoms with Crippen LogP contribution in [-0.4, -0.2) is 42.7 Å². The number of para-hydroxylation sites is 1. The summed E-state index contributed by atoms with van der Waals surface area (Å²) in [6.45, 7) is 7.33. The molecule has 0 radical (unpaired) electrons. The minimum Gasteiger partial charge on any atom is -0.493 e. The summed E-state index contributed by atoms with van der Waals surface area (Å²) >= 11 is 0. The van der Waals surface area contributed by atoms with Crippen molar-refractivity contribution in [1.82, 2.24) is 10.2 Å². The van der Waals surface area contributed by atoms with Crippen molar-refractivity contribution in [3.63, 3.8) is 0 Å². The van der Waals surface area contributed by atoms with Crippen molar-refractivity contribution in [3.8, 4) is 5.75 Å². The fraction of sp³-hybridized carbons (Fsp3) is 0.576. The molecule has 0 saturated heterocycles. The highest BCUT2D eigenvalue weighted by Gasteiger charge is 2.15. The van der Waals surface area contributed by atoms with Crippen LogP contribution >= 0.6 is 0 Å². The second-order valence-corrected chi connectivity index (χ2v) is 11.3. The van der Waals surface area contributed by atoms with E-state index in [1.165, 1.54) is 44.1 Å². The first kappa shape index (κ1) is 32.2. The van der Waals surface area contributed by atoms with Crippen LogP contribution in [0.2, 0.25) is 0 Å². The highest BCUT2D eigenvalue weighted by molar-refractivity contribution is 5.75. The van der Waals surface area contributed by atoms with Crippen LogP contribution < -0.4 is 10.1 Å².